The molecule has 3 aromatic carbocycles. The monoisotopic (exact) mass is 441 g/mol. The molecule has 7 heteroatoms. The quantitative estimate of drug-likeness (QED) is 0.259. The fraction of sp³-hybridized carbons (Fsp3) is 0.160. The third-order valence-corrected chi connectivity index (χ3v) is 5.77. The summed E-state index contributed by atoms with van der Waals surface area (Å²) in [5, 5.41) is 14.3. The van der Waals surface area contributed by atoms with Gasteiger partial charge in [-0.25, -0.2) is 5.10 Å². The van der Waals surface area contributed by atoms with Crippen LogP contribution in [0.4, 0.5) is 0 Å². The molecule has 5 rings (SSSR count). The Hall–Kier alpha value is -3.71. The zero-order chi connectivity index (χ0) is 22.1. The first-order valence-corrected chi connectivity index (χ1v) is 11.1. The van der Waals surface area contributed by atoms with Gasteiger partial charge >= 0.3 is 0 Å². The van der Waals surface area contributed by atoms with E-state index < -0.39 is 0 Å². The Bertz CT molecular complexity index is 1490. The van der Waals surface area contributed by atoms with Gasteiger partial charge in [0.15, 0.2) is 5.82 Å². The van der Waals surface area contributed by atoms with Gasteiger partial charge in [0.25, 0.3) is 0 Å². The van der Waals surface area contributed by atoms with Crippen LogP contribution in [0.1, 0.15) is 19.4 Å². The van der Waals surface area contributed by atoms with Crippen molar-refractivity contribution in [1.82, 2.24) is 19.4 Å². The van der Waals surface area contributed by atoms with Crippen LogP contribution in [0.5, 0.6) is 5.75 Å². The lowest BCUT2D eigenvalue weighted by Crippen LogP contribution is -1.96. The summed E-state index contributed by atoms with van der Waals surface area (Å²) in [6.07, 6.45) is 1.82. The number of ether oxygens (including phenoxy) is 1. The molecule has 0 fully saturated rings. The van der Waals surface area contributed by atoms with Crippen molar-refractivity contribution in [2.45, 2.75) is 20.4 Å². The van der Waals surface area contributed by atoms with Crippen LogP contribution in [-0.4, -0.2) is 32.3 Å². The van der Waals surface area contributed by atoms with Crippen molar-refractivity contribution in [3.8, 4) is 17.1 Å². The maximum atomic E-state index is 5.53. The van der Waals surface area contributed by atoms with E-state index in [0.717, 1.165) is 23.4 Å². The van der Waals surface area contributed by atoms with Crippen molar-refractivity contribution in [3.63, 3.8) is 0 Å². The van der Waals surface area contributed by atoms with E-state index in [2.05, 4.69) is 69.3 Å². The first-order valence-electron chi connectivity index (χ1n) is 10.7. The molecule has 0 saturated carbocycles. The third kappa shape index (κ3) is 3.50. The number of hydrogen-bond donors (Lipinski definition) is 1. The molecule has 5 aromatic rings. The predicted molar refractivity (Wildman–Crippen MR) is 132 cm³/mol. The maximum Gasteiger partial charge on any atom is 0.216 e. The average molecular weight is 442 g/mol. The lowest BCUT2D eigenvalue weighted by molar-refractivity contribution is 0.340. The summed E-state index contributed by atoms with van der Waals surface area (Å²) < 4.78 is 9.94. The van der Waals surface area contributed by atoms with Gasteiger partial charge in [0.1, 0.15) is 5.75 Å². The minimum atomic E-state index is 0.439. The second kappa shape index (κ2) is 8.43. The van der Waals surface area contributed by atoms with Crippen molar-refractivity contribution in [3.05, 3.63) is 77.1 Å². The van der Waals surface area contributed by atoms with E-state index in [9.17, 15) is 0 Å². The molecule has 0 bridgehead atoms. The zero-order valence-electron chi connectivity index (χ0n) is 17.9. The summed E-state index contributed by atoms with van der Waals surface area (Å²) >= 11 is 5.42. The summed E-state index contributed by atoms with van der Waals surface area (Å²) in [4.78, 5) is 0. The van der Waals surface area contributed by atoms with E-state index in [1.54, 1.807) is 4.68 Å². The van der Waals surface area contributed by atoms with Gasteiger partial charge < -0.3 is 9.30 Å². The molecule has 0 unspecified atom stereocenters. The first-order chi connectivity index (χ1) is 15.7. The van der Waals surface area contributed by atoms with Crippen LogP contribution in [0, 0.1) is 4.77 Å². The summed E-state index contributed by atoms with van der Waals surface area (Å²) in [7, 11) is 0. The third-order valence-electron chi connectivity index (χ3n) is 5.51. The fourth-order valence-corrected chi connectivity index (χ4v) is 4.25. The fourth-order valence-electron chi connectivity index (χ4n) is 4.07. The summed E-state index contributed by atoms with van der Waals surface area (Å²) in [6, 6.07) is 22.6. The molecule has 0 aliphatic carbocycles. The van der Waals surface area contributed by atoms with Crippen LogP contribution >= 0.6 is 12.2 Å². The van der Waals surface area contributed by atoms with E-state index in [-0.39, 0.29) is 0 Å². The number of H-pyrrole nitrogens is 1. The molecular weight excluding hydrogens is 418 g/mol. The van der Waals surface area contributed by atoms with Crippen LogP contribution in [0.3, 0.4) is 0 Å². The number of nitrogens with zero attached hydrogens (tertiary/aromatic N) is 4. The highest BCUT2D eigenvalue weighted by Gasteiger charge is 2.10. The molecule has 2 aromatic heterocycles. The topological polar surface area (TPSA) is 60.1 Å². The van der Waals surface area contributed by atoms with Crippen LogP contribution in [0.15, 0.2) is 71.8 Å². The number of aryl methyl sites for hydroxylation is 1. The standard InChI is InChI=1S/C25H23N5OS/c1-3-29-22-8-6-5-7-20(22)21-15-17(9-14-23(21)29)16-26-30-24(27-28-25(30)32)18-10-12-19(13-11-18)31-4-2/h5-16H,3-4H2,1-2H3,(H,28,32)/b26-16-. The van der Waals surface area contributed by atoms with Crippen molar-refractivity contribution >= 4 is 40.2 Å². The molecule has 0 aliphatic heterocycles. The summed E-state index contributed by atoms with van der Waals surface area (Å²) in [6.45, 7) is 5.69. The maximum absolute atomic E-state index is 5.53. The van der Waals surface area contributed by atoms with Gasteiger partial charge in [0.2, 0.25) is 4.77 Å². The number of hydrogen-bond acceptors (Lipinski definition) is 4. The number of fused-ring (bicyclic) bond motifs is 3. The smallest absolute Gasteiger partial charge is 0.216 e. The van der Waals surface area contributed by atoms with Gasteiger partial charge in [0, 0.05) is 33.9 Å². The minimum Gasteiger partial charge on any atom is -0.494 e. The molecule has 32 heavy (non-hydrogen) atoms. The second-order valence-corrected chi connectivity index (χ2v) is 7.79. The Labute approximate surface area is 190 Å². The molecule has 0 aliphatic rings. The van der Waals surface area contributed by atoms with E-state index in [4.69, 9.17) is 17.0 Å². The van der Waals surface area contributed by atoms with E-state index in [0.29, 0.717) is 17.2 Å². The SMILES string of the molecule is CCOc1ccc(-c2n[nH]c(=S)n2/N=C\c2ccc3c(c2)c2ccccc2n3CC)cc1. The first kappa shape index (κ1) is 20.2. The molecule has 0 atom stereocenters. The van der Waals surface area contributed by atoms with Crippen LogP contribution in [0.2, 0.25) is 0 Å². The Balaban J connectivity index is 1.53. The molecule has 0 saturated heterocycles. The molecule has 160 valence electrons. The molecular formula is C25H23N5OS. The zero-order valence-corrected chi connectivity index (χ0v) is 18.8. The molecule has 1 N–H and O–H groups in total. The number of rotatable bonds is 6. The van der Waals surface area contributed by atoms with Crippen LogP contribution in [0.25, 0.3) is 33.2 Å². The van der Waals surface area contributed by atoms with Crippen molar-refractivity contribution in [2.24, 2.45) is 5.10 Å². The lowest BCUT2D eigenvalue weighted by atomic mass is 10.1. The van der Waals surface area contributed by atoms with Gasteiger partial charge in [-0.05, 0) is 74.1 Å². The minimum absolute atomic E-state index is 0.439. The number of aromatic amines is 1. The molecule has 0 spiro atoms. The van der Waals surface area contributed by atoms with Gasteiger partial charge in [-0.3, -0.25) is 0 Å². The Morgan fingerprint density at radius 3 is 2.56 bits per heavy atom. The molecule has 0 amide bonds. The Morgan fingerprint density at radius 1 is 1.00 bits per heavy atom. The van der Waals surface area contributed by atoms with E-state index in [1.807, 2.05) is 37.4 Å². The summed E-state index contributed by atoms with van der Waals surface area (Å²) in [5.74, 6) is 1.47. The average Bonchev–Trinajstić information content (AvgIpc) is 3.35. The molecule has 0 radical (unpaired) electrons. The lowest BCUT2D eigenvalue weighted by Gasteiger charge is -2.05. The predicted octanol–water partition coefficient (Wildman–Crippen LogP) is 6.02. The van der Waals surface area contributed by atoms with Crippen molar-refractivity contribution in [1.29, 1.82) is 0 Å². The van der Waals surface area contributed by atoms with Crippen LogP contribution in [-0.2, 0) is 6.54 Å². The van der Waals surface area contributed by atoms with Crippen molar-refractivity contribution < 1.29 is 4.74 Å². The van der Waals surface area contributed by atoms with E-state index >= 15 is 0 Å². The van der Waals surface area contributed by atoms with Crippen molar-refractivity contribution in [2.75, 3.05) is 6.61 Å². The number of para-hydroxylation sites is 1. The number of benzene rings is 3. The van der Waals surface area contributed by atoms with Crippen LogP contribution < -0.4 is 4.74 Å². The highest BCUT2D eigenvalue weighted by molar-refractivity contribution is 7.71. The Morgan fingerprint density at radius 2 is 1.78 bits per heavy atom. The summed E-state index contributed by atoms with van der Waals surface area (Å²) in [5.41, 5.74) is 4.37. The van der Waals surface area contributed by atoms with Gasteiger partial charge in [0.05, 0.1) is 12.8 Å². The van der Waals surface area contributed by atoms with Gasteiger partial charge in [-0.15, -0.1) is 0 Å². The van der Waals surface area contributed by atoms with Gasteiger partial charge in [-0.1, -0.05) is 24.3 Å². The number of aromatic nitrogens is 4. The molecule has 6 nitrogen and oxygen atoms in total. The van der Waals surface area contributed by atoms with Gasteiger partial charge in [-0.2, -0.15) is 14.9 Å². The Kier molecular flexibility index (Phi) is 5.33. The second-order valence-electron chi connectivity index (χ2n) is 7.40. The highest BCUT2D eigenvalue weighted by Crippen LogP contribution is 2.29. The normalized spacial score (nSPS) is 11.7. The number of nitrogens with one attached hydrogen (secondary N) is 1. The largest absolute Gasteiger partial charge is 0.494 e. The molecule has 2 heterocycles. The van der Waals surface area contributed by atoms with E-state index in [1.165, 1.54) is 21.8 Å². The highest BCUT2D eigenvalue weighted by atomic mass is 32.1.